The number of pyridine rings is 1. The molecule has 1 unspecified atom stereocenters. The van der Waals surface area contributed by atoms with Crippen molar-refractivity contribution < 1.29 is 4.79 Å². The number of carbonyl (C=O) groups excluding carboxylic acids is 1. The van der Waals surface area contributed by atoms with Gasteiger partial charge in [0.2, 0.25) is 5.91 Å². The van der Waals surface area contributed by atoms with Crippen LogP contribution in [0.15, 0.2) is 48.8 Å². The maximum Gasteiger partial charge on any atom is 0.223 e. The number of hydrogen-bond donors (Lipinski definition) is 1. The summed E-state index contributed by atoms with van der Waals surface area (Å²) in [4.78, 5) is 18.6. The zero-order valence-electron chi connectivity index (χ0n) is 13.0. The van der Waals surface area contributed by atoms with Crippen molar-refractivity contribution in [2.45, 2.75) is 31.7 Å². The van der Waals surface area contributed by atoms with Crippen molar-refractivity contribution in [2.75, 3.05) is 12.3 Å². The Morgan fingerprint density at radius 1 is 1.22 bits per heavy atom. The molecule has 1 aromatic carbocycles. The summed E-state index contributed by atoms with van der Waals surface area (Å²) in [5.41, 5.74) is 8.94. The lowest BCUT2D eigenvalue weighted by Crippen LogP contribution is -2.30. The largest absolute Gasteiger partial charge is 0.399 e. The van der Waals surface area contributed by atoms with Crippen LogP contribution in [0.3, 0.4) is 0 Å². The van der Waals surface area contributed by atoms with E-state index in [2.05, 4.69) is 4.98 Å². The second kappa shape index (κ2) is 7.97. The molecule has 1 aromatic heterocycles. The van der Waals surface area contributed by atoms with E-state index in [1.165, 1.54) is 5.56 Å². The van der Waals surface area contributed by atoms with Gasteiger partial charge in [0.25, 0.3) is 0 Å². The third-order valence-electron chi connectivity index (χ3n) is 4.33. The molecule has 1 amide bonds. The van der Waals surface area contributed by atoms with Gasteiger partial charge in [-0.3, -0.25) is 9.78 Å². The number of rotatable bonds is 4. The standard InChI is InChI=1S/C18H21N3O.ClH/c19-16-5-2-1-4-14(16)7-8-18(22)21-13-3-6-17(21)15-9-11-20-12-10-15;/h1-2,4-5,9-12,17H,3,6-8,13,19H2;1H. The number of halogens is 1. The molecule has 1 fully saturated rings. The van der Waals surface area contributed by atoms with Gasteiger partial charge < -0.3 is 10.6 Å². The van der Waals surface area contributed by atoms with Crippen molar-refractivity contribution in [3.05, 3.63) is 59.9 Å². The van der Waals surface area contributed by atoms with Crippen LogP contribution in [0, 0.1) is 0 Å². The fourth-order valence-corrected chi connectivity index (χ4v) is 3.14. The van der Waals surface area contributed by atoms with Gasteiger partial charge in [0.15, 0.2) is 0 Å². The Bertz CT molecular complexity index is 648. The Morgan fingerprint density at radius 3 is 2.70 bits per heavy atom. The molecule has 1 saturated heterocycles. The fraction of sp³-hybridized carbons (Fsp3) is 0.333. The Hall–Kier alpha value is -2.07. The molecule has 2 N–H and O–H groups in total. The molecular weight excluding hydrogens is 310 g/mol. The van der Waals surface area contributed by atoms with E-state index >= 15 is 0 Å². The Morgan fingerprint density at radius 2 is 1.96 bits per heavy atom. The number of carbonyl (C=O) groups is 1. The van der Waals surface area contributed by atoms with Crippen LogP contribution in [0.25, 0.3) is 0 Å². The molecule has 122 valence electrons. The first kappa shape index (κ1) is 17.3. The van der Waals surface area contributed by atoms with E-state index in [1.807, 2.05) is 41.3 Å². The number of para-hydroxylation sites is 1. The van der Waals surface area contributed by atoms with Crippen LogP contribution in [0.4, 0.5) is 5.69 Å². The first-order valence-electron chi connectivity index (χ1n) is 7.78. The Balaban J connectivity index is 0.00000192. The summed E-state index contributed by atoms with van der Waals surface area (Å²) in [5.74, 6) is 0.211. The smallest absolute Gasteiger partial charge is 0.223 e. The molecule has 0 bridgehead atoms. The lowest BCUT2D eigenvalue weighted by molar-refractivity contribution is -0.132. The molecule has 1 atom stereocenters. The van der Waals surface area contributed by atoms with Gasteiger partial charge in [0.1, 0.15) is 0 Å². The van der Waals surface area contributed by atoms with Crippen molar-refractivity contribution in [1.29, 1.82) is 0 Å². The van der Waals surface area contributed by atoms with Crippen LogP contribution < -0.4 is 5.73 Å². The van der Waals surface area contributed by atoms with Crippen molar-refractivity contribution in [1.82, 2.24) is 9.88 Å². The van der Waals surface area contributed by atoms with Crippen LogP contribution in [-0.4, -0.2) is 22.3 Å². The molecule has 0 aliphatic carbocycles. The highest BCUT2D eigenvalue weighted by Gasteiger charge is 2.29. The summed E-state index contributed by atoms with van der Waals surface area (Å²) in [6, 6.07) is 12.0. The molecule has 23 heavy (non-hydrogen) atoms. The number of likely N-dealkylation sites (tertiary alicyclic amines) is 1. The van der Waals surface area contributed by atoms with E-state index in [0.717, 1.165) is 30.6 Å². The maximum absolute atomic E-state index is 12.6. The van der Waals surface area contributed by atoms with Gasteiger partial charge in [-0.2, -0.15) is 0 Å². The lowest BCUT2D eigenvalue weighted by Gasteiger charge is -2.25. The summed E-state index contributed by atoms with van der Waals surface area (Å²) < 4.78 is 0. The van der Waals surface area contributed by atoms with E-state index < -0.39 is 0 Å². The Labute approximate surface area is 143 Å². The molecular formula is C18H22ClN3O. The first-order chi connectivity index (χ1) is 10.8. The molecule has 2 aromatic rings. The number of nitrogens with zero attached hydrogens (tertiary/aromatic N) is 2. The normalized spacial score (nSPS) is 16.9. The number of hydrogen-bond acceptors (Lipinski definition) is 3. The summed E-state index contributed by atoms with van der Waals surface area (Å²) >= 11 is 0. The topological polar surface area (TPSA) is 59.2 Å². The molecule has 5 heteroatoms. The van der Waals surface area contributed by atoms with Crippen LogP contribution >= 0.6 is 12.4 Å². The monoisotopic (exact) mass is 331 g/mol. The molecule has 3 rings (SSSR count). The van der Waals surface area contributed by atoms with Crippen LogP contribution in [0.1, 0.15) is 36.4 Å². The second-order valence-electron chi connectivity index (χ2n) is 5.72. The zero-order chi connectivity index (χ0) is 15.4. The number of nitrogen functional groups attached to an aromatic ring is 1. The summed E-state index contributed by atoms with van der Waals surface area (Å²) in [5, 5.41) is 0. The maximum atomic E-state index is 12.6. The van der Waals surface area contributed by atoms with Gasteiger partial charge in [0.05, 0.1) is 6.04 Å². The third kappa shape index (κ3) is 4.02. The van der Waals surface area contributed by atoms with Gasteiger partial charge in [-0.1, -0.05) is 18.2 Å². The molecule has 0 spiro atoms. The zero-order valence-corrected chi connectivity index (χ0v) is 13.8. The van der Waals surface area contributed by atoms with Crippen molar-refractivity contribution >= 4 is 24.0 Å². The van der Waals surface area contributed by atoms with E-state index in [4.69, 9.17) is 5.73 Å². The number of anilines is 1. The quantitative estimate of drug-likeness (QED) is 0.874. The van der Waals surface area contributed by atoms with Crippen molar-refractivity contribution in [2.24, 2.45) is 0 Å². The van der Waals surface area contributed by atoms with Gasteiger partial charge in [-0.05, 0) is 48.6 Å². The van der Waals surface area contributed by atoms with E-state index in [0.29, 0.717) is 12.8 Å². The van der Waals surface area contributed by atoms with Crippen LogP contribution in [-0.2, 0) is 11.2 Å². The molecule has 2 heterocycles. The fourth-order valence-electron chi connectivity index (χ4n) is 3.14. The number of nitrogens with two attached hydrogens (primary N) is 1. The number of aryl methyl sites for hydroxylation is 1. The molecule has 1 aliphatic heterocycles. The minimum Gasteiger partial charge on any atom is -0.399 e. The molecule has 0 saturated carbocycles. The van der Waals surface area contributed by atoms with E-state index in [9.17, 15) is 4.79 Å². The minimum atomic E-state index is 0. The second-order valence-corrected chi connectivity index (χ2v) is 5.72. The number of aromatic nitrogens is 1. The molecule has 4 nitrogen and oxygen atoms in total. The van der Waals surface area contributed by atoms with Gasteiger partial charge >= 0.3 is 0 Å². The lowest BCUT2D eigenvalue weighted by atomic mass is 10.0. The predicted molar refractivity (Wildman–Crippen MR) is 94.3 cm³/mol. The van der Waals surface area contributed by atoms with Crippen molar-refractivity contribution in [3.8, 4) is 0 Å². The summed E-state index contributed by atoms with van der Waals surface area (Å²) in [7, 11) is 0. The minimum absolute atomic E-state index is 0. The summed E-state index contributed by atoms with van der Waals surface area (Å²) in [6.07, 6.45) is 6.89. The highest BCUT2D eigenvalue weighted by Crippen LogP contribution is 2.32. The summed E-state index contributed by atoms with van der Waals surface area (Å²) in [6.45, 7) is 0.843. The molecule has 0 radical (unpaired) electrons. The predicted octanol–water partition coefficient (Wildman–Crippen LogP) is 3.38. The number of benzene rings is 1. The van der Waals surface area contributed by atoms with Crippen molar-refractivity contribution in [3.63, 3.8) is 0 Å². The van der Waals surface area contributed by atoms with Gasteiger partial charge in [-0.25, -0.2) is 0 Å². The average molecular weight is 332 g/mol. The van der Waals surface area contributed by atoms with Crippen LogP contribution in [0.2, 0.25) is 0 Å². The number of amides is 1. The Kier molecular flexibility index (Phi) is 5.99. The molecule has 1 aliphatic rings. The van der Waals surface area contributed by atoms with Crippen LogP contribution in [0.5, 0.6) is 0 Å². The third-order valence-corrected chi connectivity index (χ3v) is 4.33. The van der Waals surface area contributed by atoms with E-state index in [-0.39, 0.29) is 24.4 Å². The highest BCUT2D eigenvalue weighted by molar-refractivity contribution is 5.85. The van der Waals surface area contributed by atoms with Gasteiger partial charge in [-0.15, -0.1) is 12.4 Å². The highest BCUT2D eigenvalue weighted by atomic mass is 35.5. The average Bonchev–Trinajstić information content (AvgIpc) is 3.04. The van der Waals surface area contributed by atoms with E-state index in [1.54, 1.807) is 12.4 Å². The first-order valence-corrected chi connectivity index (χ1v) is 7.78. The SMILES string of the molecule is Cl.Nc1ccccc1CCC(=O)N1CCCC1c1ccncc1. The van der Waals surface area contributed by atoms with Gasteiger partial charge in [0, 0.05) is 31.0 Å².